The molecule has 5 nitrogen and oxygen atoms in total. The molecule has 0 saturated heterocycles. The Morgan fingerprint density at radius 1 is 1.52 bits per heavy atom. The highest BCUT2D eigenvalue weighted by Gasteiger charge is 2.36. The third-order valence-electron chi connectivity index (χ3n) is 3.36. The summed E-state index contributed by atoms with van der Waals surface area (Å²) in [4.78, 5) is 12.4. The first-order valence-electron chi connectivity index (χ1n) is 6.81. The molecule has 2 N–H and O–H groups in total. The normalized spacial score (nSPS) is 17.3. The number of nitrogens with two attached hydrogens (primary N) is 1. The lowest BCUT2D eigenvalue weighted by atomic mass is 9.83. The highest BCUT2D eigenvalue weighted by atomic mass is 35.5. The second-order valence-electron chi connectivity index (χ2n) is 4.83. The summed E-state index contributed by atoms with van der Waals surface area (Å²) >= 11 is 5.90. The standard InChI is InChI=1S/C17H15ClN2O3/c1-3-8-22-17(21)14-10(2)23-16(20)13(9-19)15(14)11-4-6-12(18)7-5-11/h3-7,15H,1,8,20H2,2H3. The number of carbonyl (C=O) groups excluding carboxylic acids is 1. The number of hydrogen-bond acceptors (Lipinski definition) is 5. The second-order valence-corrected chi connectivity index (χ2v) is 5.27. The molecule has 1 heterocycles. The van der Waals surface area contributed by atoms with Gasteiger partial charge in [-0.15, -0.1) is 0 Å². The topological polar surface area (TPSA) is 85.3 Å². The third-order valence-corrected chi connectivity index (χ3v) is 3.61. The van der Waals surface area contributed by atoms with Crippen molar-refractivity contribution in [3.05, 3.63) is 70.3 Å². The van der Waals surface area contributed by atoms with Gasteiger partial charge in [-0.3, -0.25) is 0 Å². The molecule has 6 heteroatoms. The number of ether oxygens (including phenoxy) is 2. The van der Waals surface area contributed by atoms with Crippen LogP contribution < -0.4 is 5.73 Å². The van der Waals surface area contributed by atoms with Crippen molar-refractivity contribution in [3.8, 4) is 6.07 Å². The van der Waals surface area contributed by atoms with Crippen LogP contribution in [-0.2, 0) is 14.3 Å². The Morgan fingerprint density at radius 2 is 2.17 bits per heavy atom. The van der Waals surface area contributed by atoms with Gasteiger partial charge in [0.25, 0.3) is 0 Å². The summed E-state index contributed by atoms with van der Waals surface area (Å²) in [5.41, 5.74) is 6.89. The zero-order chi connectivity index (χ0) is 17.0. The Hall–Kier alpha value is -2.71. The summed E-state index contributed by atoms with van der Waals surface area (Å²) in [7, 11) is 0. The van der Waals surface area contributed by atoms with E-state index in [9.17, 15) is 10.1 Å². The second kappa shape index (κ2) is 7.03. The number of hydrogen-bond donors (Lipinski definition) is 1. The van der Waals surface area contributed by atoms with Gasteiger partial charge in [0, 0.05) is 5.02 Å². The zero-order valence-electron chi connectivity index (χ0n) is 12.5. The quantitative estimate of drug-likeness (QED) is 0.677. The fourth-order valence-corrected chi connectivity index (χ4v) is 2.47. The van der Waals surface area contributed by atoms with Crippen molar-refractivity contribution in [2.45, 2.75) is 12.8 Å². The lowest BCUT2D eigenvalue weighted by Gasteiger charge is -2.26. The molecule has 1 aromatic carbocycles. The van der Waals surface area contributed by atoms with E-state index in [0.717, 1.165) is 0 Å². The van der Waals surface area contributed by atoms with E-state index in [1.165, 1.54) is 6.08 Å². The van der Waals surface area contributed by atoms with Gasteiger partial charge in [-0.1, -0.05) is 36.4 Å². The lowest BCUT2D eigenvalue weighted by Crippen LogP contribution is -2.25. The summed E-state index contributed by atoms with van der Waals surface area (Å²) in [6.45, 7) is 5.17. The van der Waals surface area contributed by atoms with Gasteiger partial charge in [-0.2, -0.15) is 5.26 Å². The van der Waals surface area contributed by atoms with Crippen molar-refractivity contribution in [3.63, 3.8) is 0 Å². The summed E-state index contributed by atoms with van der Waals surface area (Å²) < 4.78 is 10.5. The van der Waals surface area contributed by atoms with E-state index in [4.69, 9.17) is 26.8 Å². The number of esters is 1. The molecule has 1 unspecified atom stereocenters. The van der Waals surface area contributed by atoms with Crippen molar-refractivity contribution < 1.29 is 14.3 Å². The Balaban J connectivity index is 2.54. The van der Waals surface area contributed by atoms with Crippen LogP contribution in [-0.4, -0.2) is 12.6 Å². The minimum absolute atomic E-state index is 0.0229. The maximum Gasteiger partial charge on any atom is 0.338 e. The molecule has 0 bridgehead atoms. The molecule has 1 atom stereocenters. The van der Waals surface area contributed by atoms with E-state index >= 15 is 0 Å². The molecule has 1 aliphatic rings. The summed E-state index contributed by atoms with van der Waals surface area (Å²) in [6, 6.07) is 8.84. The van der Waals surface area contributed by atoms with Crippen molar-refractivity contribution >= 4 is 17.6 Å². The van der Waals surface area contributed by atoms with Crippen molar-refractivity contribution in [2.75, 3.05) is 6.61 Å². The molecule has 0 radical (unpaired) electrons. The largest absolute Gasteiger partial charge is 0.458 e. The van der Waals surface area contributed by atoms with Crippen LogP contribution in [0.1, 0.15) is 18.4 Å². The fourth-order valence-electron chi connectivity index (χ4n) is 2.35. The summed E-state index contributed by atoms with van der Waals surface area (Å²) in [5.74, 6) is -0.966. The van der Waals surface area contributed by atoms with Crippen LogP contribution in [0, 0.1) is 11.3 Å². The number of halogens is 1. The van der Waals surface area contributed by atoms with Gasteiger partial charge in [-0.05, 0) is 24.6 Å². The Kier molecular flexibility index (Phi) is 5.09. The van der Waals surface area contributed by atoms with Gasteiger partial charge in [0.05, 0.1) is 11.5 Å². The number of benzene rings is 1. The molecule has 0 saturated carbocycles. The lowest BCUT2D eigenvalue weighted by molar-refractivity contribution is -0.138. The van der Waals surface area contributed by atoms with E-state index in [-0.39, 0.29) is 23.6 Å². The molecule has 0 amide bonds. The van der Waals surface area contributed by atoms with Crippen LogP contribution in [0.2, 0.25) is 5.02 Å². The smallest absolute Gasteiger partial charge is 0.338 e. The van der Waals surface area contributed by atoms with Gasteiger partial charge >= 0.3 is 5.97 Å². The molecular formula is C17H15ClN2O3. The first-order chi connectivity index (χ1) is 11.0. The van der Waals surface area contributed by atoms with Crippen LogP contribution in [0.4, 0.5) is 0 Å². The molecule has 1 aliphatic heterocycles. The van der Waals surface area contributed by atoms with Crippen LogP contribution in [0.15, 0.2) is 59.7 Å². The molecule has 0 spiro atoms. The highest BCUT2D eigenvalue weighted by molar-refractivity contribution is 6.30. The minimum atomic E-state index is -0.664. The maximum atomic E-state index is 12.4. The van der Waals surface area contributed by atoms with Crippen LogP contribution in [0.3, 0.4) is 0 Å². The number of carbonyl (C=O) groups is 1. The number of allylic oxidation sites excluding steroid dienone is 2. The molecule has 23 heavy (non-hydrogen) atoms. The van der Waals surface area contributed by atoms with E-state index in [1.54, 1.807) is 31.2 Å². The van der Waals surface area contributed by atoms with Crippen LogP contribution in [0.25, 0.3) is 0 Å². The van der Waals surface area contributed by atoms with Gasteiger partial charge < -0.3 is 15.2 Å². The molecule has 2 rings (SSSR count). The monoisotopic (exact) mass is 330 g/mol. The third kappa shape index (κ3) is 3.38. The van der Waals surface area contributed by atoms with Gasteiger partial charge in [-0.25, -0.2) is 4.79 Å². The summed E-state index contributed by atoms with van der Waals surface area (Å²) in [6.07, 6.45) is 1.46. The average Bonchev–Trinajstić information content (AvgIpc) is 2.52. The molecule has 0 aliphatic carbocycles. The Labute approximate surface area is 139 Å². The van der Waals surface area contributed by atoms with Crippen LogP contribution in [0.5, 0.6) is 0 Å². The first kappa shape index (κ1) is 16.7. The number of nitrogens with zero attached hydrogens (tertiary/aromatic N) is 1. The summed E-state index contributed by atoms with van der Waals surface area (Å²) in [5, 5.41) is 9.97. The van der Waals surface area contributed by atoms with Gasteiger partial charge in [0.15, 0.2) is 0 Å². The molecule has 0 fully saturated rings. The Morgan fingerprint density at radius 3 is 2.74 bits per heavy atom. The molecule has 0 aromatic heterocycles. The molecule has 118 valence electrons. The fraction of sp³-hybridized carbons (Fsp3) is 0.176. The predicted molar refractivity (Wildman–Crippen MR) is 86.0 cm³/mol. The van der Waals surface area contributed by atoms with Gasteiger partial charge in [0.1, 0.15) is 24.0 Å². The van der Waals surface area contributed by atoms with E-state index in [2.05, 4.69) is 6.58 Å². The molecule has 1 aromatic rings. The SMILES string of the molecule is C=CCOC(=O)C1=C(C)OC(N)=C(C#N)C1c1ccc(Cl)cc1. The molecular weight excluding hydrogens is 316 g/mol. The van der Waals surface area contributed by atoms with E-state index < -0.39 is 11.9 Å². The maximum absolute atomic E-state index is 12.4. The van der Waals surface area contributed by atoms with Crippen molar-refractivity contribution in [1.82, 2.24) is 0 Å². The van der Waals surface area contributed by atoms with Crippen LogP contribution >= 0.6 is 11.6 Å². The van der Waals surface area contributed by atoms with E-state index in [1.807, 2.05) is 6.07 Å². The first-order valence-corrected chi connectivity index (χ1v) is 7.19. The van der Waals surface area contributed by atoms with Crippen molar-refractivity contribution in [2.24, 2.45) is 5.73 Å². The minimum Gasteiger partial charge on any atom is -0.458 e. The zero-order valence-corrected chi connectivity index (χ0v) is 13.3. The predicted octanol–water partition coefficient (Wildman–Crippen LogP) is 3.15. The van der Waals surface area contributed by atoms with E-state index in [0.29, 0.717) is 16.3 Å². The Bertz CT molecular complexity index is 742. The van der Waals surface area contributed by atoms with Crippen molar-refractivity contribution in [1.29, 1.82) is 5.26 Å². The average molecular weight is 331 g/mol. The number of nitriles is 1. The van der Waals surface area contributed by atoms with Gasteiger partial charge in [0.2, 0.25) is 5.88 Å². The number of rotatable bonds is 4. The highest BCUT2D eigenvalue weighted by Crippen LogP contribution is 2.39.